The average Bonchev–Trinajstić information content (AvgIpc) is 3.14. The quantitative estimate of drug-likeness (QED) is 0.856. The Morgan fingerprint density at radius 2 is 2.00 bits per heavy atom. The van der Waals surface area contributed by atoms with Crippen LogP contribution >= 0.6 is 0 Å². The number of aryl methyl sites for hydroxylation is 2. The second-order valence-electron chi connectivity index (χ2n) is 6.08. The monoisotopic (exact) mass is 327 g/mol. The summed E-state index contributed by atoms with van der Waals surface area (Å²) in [6.45, 7) is 1.60. The van der Waals surface area contributed by atoms with Crippen LogP contribution in [0.5, 0.6) is 0 Å². The number of carbonyl (C=O) groups is 2. The normalized spacial score (nSPS) is 14.5. The Hall–Kier alpha value is -2.56. The molecule has 5 nitrogen and oxygen atoms in total. The maximum atomic E-state index is 12.0. The number of nitrogens with one attached hydrogen (secondary N) is 1. The molecule has 1 N–H and O–H groups in total. The van der Waals surface area contributed by atoms with Gasteiger partial charge in [0.25, 0.3) is 5.91 Å². The van der Waals surface area contributed by atoms with E-state index < -0.39 is 5.97 Å². The maximum Gasteiger partial charge on any atom is 0.374 e. The van der Waals surface area contributed by atoms with Gasteiger partial charge < -0.3 is 14.5 Å². The molecule has 1 heterocycles. The molecule has 0 fully saturated rings. The number of esters is 1. The minimum absolute atomic E-state index is 0.0885. The van der Waals surface area contributed by atoms with Crippen LogP contribution < -0.4 is 5.32 Å². The largest absolute Gasteiger partial charge is 0.457 e. The van der Waals surface area contributed by atoms with Crippen LogP contribution in [0.1, 0.15) is 53.1 Å². The molecule has 1 aliphatic rings. The SMILES string of the molecule is C[C@@H](NC(=O)COC(=O)c1ccco1)c1ccc2c(c1)CCCC2. The zero-order valence-electron chi connectivity index (χ0n) is 13.7. The van der Waals surface area contributed by atoms with Crippen LogP contribution in [0, 0.1) is 0 Å². The molecule has 126 valence electrons. The zero-order chi connectivity index (χ0) is 16.9. The summed E-state index contributed by atoms with van der Waals surface area (Å²) in [4.78, 5) is 23.6. The third-order valence-electron chi connectivity index (χ3n) is 4.31. The predicted octanol–water partition coefficient (Wildman–Crippen LogP) is 3.19. The summed E-state index contributed by atoms with van der Waals surface area (Å²) >= 11 is 0. The van der Waals surface area contributed by atoms with Gasteiger partial charge in [-0.05, 0) is 61.4 Å². The Balaban J connectivity index is 1.53. The third-order valence-corrected chi connectivity index (χ3v) is 4.31. The summed E-state index contributed by atoms with van der Waals surface area (Å²) in [5.41, 5.74) is 3.86. The van der Waals surface area contributed by atoms with Gasteiger partial charge in [-0.1, -0.05) is 18.2 Å². The average molecular weight is 327 g/mol. The molecule has 1 atom stereocenters. The van der Waals surface area contributed by atoms with E-state index in [1.165, 1.54) is 36.3 Å². The lowest BCUT2D eigenvalue weighted by Gasteiger charge is -2.20. The first-order valence-electron chi connectivity index (χ1n) is 8.25. The van der Waals surface area contributed by atoms with Crippen molar-refractivity contribution < 1.29 is 18.7 Å². The molecule has 0 spiro atoms. The summed E-state index contributed by atoms with van der Waals surface area (Å²) in [6, 6.07) is 9.35. The fourth-order valence-corrected chi connectivity index (χ4v) is 2.99. The van der Waals surface area contributed by atoms with Crippen molar-refractivity contribution in [3.8, 4) is 0 Å². The van der Waals surface area contributed by atoms with Gasteiger partial charge >= 0.3 is 5.97 Å². The highest BCUT2D eigenvalue weighted by Crippen LogP contribution is 2.24. The molecular weight excluding hydrogens is 306 g/mol. The third kappa shape index (κ3) is 3.85. The smallest absolute Gasteiger partial charge is 0.374 e. The van der Waals surface area contributed by atoms with Crippen molar-refractivity contribution >= 4 is 11.9 Å². The Labute approximate surface area is 141 Å². The maximum absolute atomic E-state index is 12.0. The lowest BCUT2D eigenvalue weighted by Crippen LogP contribution is -2.31. The van der Waals surface area contributed by atoms with E-state index in [-0.39, 0.29) is 24.3 Å². The first-order chi connectivity index (χ1) is 11.6. The predicted molar refractivity (Wildman–Crippen MR) is 88.6 cm³/mol. The van der Waals surface area contributed by atoms with Gasteiger partial charge in [-0.15, -0.1) is 0 Å². The number of fused-ring (bicyclic) bond motifs is 1. The molecule has 0 saturated heterocycles. The molecule has 3 rings (SSSR count). The molecule has 24 heavy (non-hydrogen) atoms. The molecule has 0 unspecified atom stereocenters. The van der Waals surface area contributed by atoms with Crippen molar-refractivity contribution in [3.63, 3.8) is 0 Å². The highest BCUT2D eigenvalue weighted by Gasteiger charge is 2.16. The van der Waals surface area contributed by atoms with Crippen molar-refractivity contribution in [1.29, 1.82) is 0 Å². The van der Waals surface area contributed by atoms with Crippen molar-refractivity contribution in [2.75, 3.05) is 6.61 Å². The molecule has 0 aliphatic heterocycles. The Bertz CT molecular complexity index is 721. The van der Waals surface area contributed by atoms with E-state index in [4.69, 9.17) is 9.15 Å². The van der Waals surface area contributed by atoms with Crippen LogP contribution in [0.4, 0.5) is 0 Å². The summed E-state index contributed by atoms with van der Waals surface area (Å²) in [6.07, 6.45) is 6.10. The standard InChI is InChI=1S/C19H21NO4/c1-13(15-9-8-14-5-2-3-6-16(14)11-15)20-18(21)12-24-19(22)17-7-4-10-23-17/h4,7-11,13H,2-3,5-6,12H2,1H3,(H,20,21)/t13-/m1/s1. The second-order valence-corrected chi connectivity index (χ2v) is 6.08. The van der Waals surface area contributed by atoms with Crippen LogP contribution in [-0.2, 0) is 22.4 Å². The molecule has 0 bridgehead atoms. The van der Waals surface area contributed by atoms with E-state index in [2.05, 4.69) is 23.5 Å². The van der Waals surface area contributed by atoms with Gasteiger partial charge in [-0.3, -0.25) is 4.79 Å². The molecular formula is C19H21NO4. The summed E-state index contributed by atoms with van der Waals surface area (Å²) < 4.78 is 9.86. The number of furan rings is 1. The van der Waals surface area contributed by atoms with Gasteiger partial charge in [0, 0.05) is 0 Å². The van der Waals surface area contributed by atoms with Crippen LogP contribution in [0.2, 0.25) is 0 Å². The van der Waals surface area contributed by atoms with Gasteiger partial charge in [0.05, 0.1) is 12.3 Å². The number of ether oxygens (including phenoxy) is 1. The summed E-state index contributed by atoms with van der Waals surface area (Å²) in [7, 11) is 0. The fourth-order valence-electron chi connectivity index (χ4n) is 2.99. The Morgan fingerprint density at radius 3 is 2.75 bits per heavy atom. The van der Waals surface area contributed by atoms with Gasteiger partial charge in [0.15, 0.2) is 6.61 Å². The number of benzene rings is 1. The molecule has 1 amide bonds. The number of carbonyl (C=O) groups excluding carboxylic acids is 2. The highest BCUT2D eigenvalue weighted by atomic mass is 16.5. The lowest BCUT2D eigenvalue weighted by atomic mass is 9.89. The molecule has 1 aromatic carbocycles. The second kappa shape index (κ2) is 7.34. The lowest BCUT2D eigenvalue weighted by molar-refractivity contribution is -0.124. The first-order valence-corrected chi connectivity index (χ1v) is 8.25. The minimum atomic E-state index is -0.642. The van der Waals surface area contributed by atoms with Crippen LogP contribution in [0.15, 0.2) is 41.0 Å². The van der Waals surface area contributed by atoms with Gasteiger partial charge in [-0.25, -0.2) is 4.79 Å². The minimum Gasteiger partial charge on any atom is -0.457 e. The molecule has 1 aliphatic carbocycles. The van der Waals surface area contributed by atoms with E-state index in [1.54, 1.807) is 6.07 Å². The van der Waals surface area contributed by atoms with Crippen LogP contribution in [0.25, 0.3) is 0 Å². The first kappa shape index (κ1) is 16.3. The van der Waals surface area contributed by atoms with E-state index in [0.717, 1.165) is 18.4 Å². The Morgan fingerprint density at radius 1 is 1.21 bits per heavy atom. The molecule has 0 radical (unpaired) electrons. The van der Waals surface area contributed by atoms with E-state index in [1.807, 2.05) is 6.92 Å². The fraction of sp³-hybridized carbons (Fsp3) is 0.368. The number of amides is 1. The summed E-state index contributed by atoms with van der Waals surface area (Å²) in [5.74, 6) is -0.887. The van der Waals surface area contributed by atoms with Crippen molar-refractivity contribution in [3.05, 3.63) is 59.0 Å². The number of hydrogen-bond acceptors (Lipinski definition) is 4. The van der Waals surface area contributed by atoms with Gasteiger partial charge in [0.1, 0.15) is 0 Å². The van der Waals surface area contributed by atoms with Gasteiger partial charge in [0.2, 0.25) is 5.76 Å². The Kier molecular flexibility index (Phi) is 4.99. The van der Waals surface area contributed by atoms with Crippen molar-refractivity contribution in [2.24, 2.45) is 0 Å². The molecule has 2 aromatic rings. The highest BCUT2D eigenvalue weighted by molar-refractivity contribution is 5.88. The van der Waals surface area contributed by atoms with Crippen molar-refractivity contribution in [1.82, 2.24) is 5.32 Å². The zero-order valence-corrected chi connectivity index (χ0v) is 13.7. The number of rotatable bonds is 5. The molecule has 0 saturated carbocycles. The molecule has 1 aromatic heterocycles. The van der Waals surface area contributed by atoms with E-state index in [9.17, 15) is 9.59 Å². The molecule has 5 heteroatoms. The summed E-state index contributed by atoms with van der Waals surface area (Å²) in [5, 5.41) is 2.86. The number of hydrogen-bond donors (Lipinski definition) is 1. The van der Waals surface area contributed by atoms with E-state index >= 15 is 0 Å². The van der Waals surface area contributed by atoms with Crippen LogP contribution in [0.3, 0.4) is 0 Å². The van der Waals surface area contributed by atoms with Crippen molar-refractivity contribution in [2.45, 2.75) is 38.6 Å². The van der Waals surface area contributed by atoms with Gasteiger partial charge in [-0.2, -0.15) is 0 Å². The topological polar surface area (TPSA) is 68.5 Å². The van der Waals surface area contributed by atoms with E-state index in [0.29, 0.717) is 0 Å². The van der Waals surface area contributed by atoms with Crippen LogP contribution in [-0.4, -0.2) is 18.5 Å².